The fourth-order valence-electron chi connectivity index (χ4n) is 7.28. The molecule has 0 aliphatic heterocycles. The second kappa shape index (κ2) is 9.62. The molecule has 0 amide bonds. The van der Waals surface area contributed by atoms with Gasteiger partial charge in [0.25, 0.3) is 0 Å². The fourth-order valence-corrected chi connectivity index (χ4v) is 7.28. The molecule has 4 nitrogen and oxygen atoms in total. The van der Waals surface area contributed by atoms with Gasteiger partial charge in [-0.25, -0.2) is 4.98 Å². The lowest BCUT2D eigenvalue weighted by Crippen LogP contribution is -1.95. The van der Waals surface area contributed by atoms with Crippen LogP contribution in [0.15, 0.2) is 158 Å². The summed E-state index contributed by atoms with van der Waals surface area (Å²) in [5.41, 5.74) is 10.9. The highest BCUT2D eigenvalue weighted by molar-refractivity contribution is 6.28. The van der Waals surface area contributed by atoms with Crippen molar-refractivity contribution in [3.05, 3.63) is 158 Å². The predicted octanol–water partition coefficient (Wildman–Crippen LogP) is 10.6. The number of nitrogens with zero attached hydrogens (tertiary/aromatic N) is 4. The molecule has 10 rings (SSSR count). The van der Waals surface area contributed by atoms with Crippen LogP contribution < -0.4 is 0 Å². The number of hydrogen-bond acceptors (Lipinski definition) is 2. The maximum atomic E-state index is 4.88. The summed E-state index contributed by atoms with van der Waals surface area (Å²) in [7, 11) is 0. The van der Waals surface area contributed by atoms with E-state index in [9.17, 15) is 0 Å². The molecule has 0 spiro atoms. The minimum absolute atomic E-state index is 0.880. The van der Waals surface area contributed by atoms with Crippen LogP contribution in [-0.2, 0) is 0 Å². The first-order valence-electron chi connectivity index (χ1n) is 15.6. The quantitative estimate of drug-likeness (QED) is 0.206. The van der Waals surface area contributed by atoms with Crippen molar-refractivity contribution in [3.63, 3.8) is 0 Å². The molecule has 0 fully saturated rings. The van der Waals surface area contributed by atoms with Gasteiger partial charge < -0.3 is 9.13 Å². The van der Waals surface area contributed by atoms with Gasteiger partial charge in [0, 0.05) is 38.5 Å². The van der Waals surface area contributed by atoms with E-state index in [0.29, 0.717) is 0 Å². The summed E-state index contributed by atoms with van der Waals surface area (Å²) in [6, 6.07) is 54.1. The average molecular weight is 587 g/mol. The molecule has 0 aliphatic rings. The summed E-state index contributed by atoms with van der Waals surface area (Å²) in [6.45, 7) is 0. The SMILES string of the molecule is c1ccc(-n2c3ccccc3c3c4c5ccccc5n(-c5ccc6cc(-c7cnc8ccccc8n7)ccc6c5)c4ccc32)cc1. The Morgan fingerprint density at radius 2 is 1.00 bits per heavy atom. The van der Waals surface area contributed by atoms with Crippen LogP contribution in [0, 0.1) is 0 Å². The van der Waals surface area contributed by atoms with Gasteiger partial charge in [-0.2, -0.15) is 0 Å². The fraction of sp³-hybridized carbons (Fsp3) is 0. The van der Waals surface area contributed by atoms with Gasteiger partial charge in [-0.1, -0.05) is 84.9 Å². The molecule has 0 N–H and O–H groups in total. The molecule has 0 atom stereocenters. The Labute approximate surface area is 264 Å². The maximum absolute atomic E-state index is 4.88. The largest absolute Gasteiger partial charge is 0.309 e. The summed E-state index contributed by atoms with van der Waals surface area (Å²) in [5.74, 6) is 0. The predicted molar refractivity (Wildman–Crippen MR) is 191 cm³/mol. The number of rotatable bonds is 3. The van der Waals surface area contributed by atoms with Crippen LogP contribution in [-0.4, -0.2) is 19.1 Å². The molecule has 214 valence electrons. The van der Waals surface area contributed by atoms with Crippen molar-refractivity contribution in [2.24, 2.45) is 0 Å². The van der Waals surface area contributed by atoms with E-state index < -0.39 is 0 Å². The first-order valence-corrected chi connectivity index (χ1v) is 15.6. The molecule has 10 aromatic rings. The van der Waals surface area contributed by atoms with Crippen LogP contribution in [0.5, 0.6) is 0 Å². The third kappa shape index (κ3) is 3.61. The molecule has 7 aromatic carbocycles. The van der Waals surface area contributed by atoms with Crippen molar-refractivity contribution in [1.82, 2.24) is 19.1 Å². The van der Waals surface area contributed by atoms with Crippen LogP contribution in [0.3, 0.4) is 0 Å². The van der Waals surface area contributed by atoms with Crippen LogP contribution in [0.1, 0.15) is 0 Å². The molecular weight excluding hydrogens is 560 g/mol. The lowest BCUT2D eigenvalue weighted by Gasteiger charge is -2.11. The minimum Gasteiger partial charge on any atom is -0.309 e. The number of hydrogen-bond donors (Lipinski definition) is 0. The Balaban J connectivity index is 1.20. The minimum atomic E-state index is 0.880. The lowest BCUT2D eigenvalue weighted by molar-refractivity contribution is 1.17. The molecule has 0 saturated carbocycles. The molecule has 0 aliphatic carbocycles. The van der Waals surface area contributed by atoms with Crippen molar-refractivity contribution >= 4 is 65.4 Å². The van der Waals surface area contributed by atoms with E-state index in [-0.39, 0.29) is 0 Å². The summed E-state index contributed by atoms with van der Waals surface area (Å²) in [5, 5.41) is 7.44. The van der Waals surface area contributed by atoms with Crippen molar-refractivity contribution in [3.8, 4) is 22.6 Å². The highest BCUT2D eigenvalue weighted by Crippen LogP contribution is 2.42. The van der Waals surface area contributed by atoms with Crippen molar-refractivity contribution in [2.45, 2.75) is 0 Å². The highest BCUT2D eigenvalue weighted by Gasteiger charge is 2.20. The van der Waals surface area contributed by atoms with Gasteiger partial charge in [0.05, 0.1) is 45.0 Å². The van der Waals surface area contributed by atoms with Gasteiger partial charge in [-0.3, -0.25) is 4.98 Å². The van der Waals surface area contributed by atoms with Crippen LogP contribution >= 0.6 is 0 Å². The molecule has 4 heteroatoms. The summed E-state index contributed by atoms with van der Waals surface area (Å²) < 4.78 is 4.81. The van der Waals surface area contributed by atoms with Crippen molar-refractivity contribution in [2.75, 3.05) is 0 Å². The number of aromatic nitrogens is 4. The number of fused-ring (bicyclic) bond motifs is 9. The smallest absolute Gasteiger partial charge is 0.0894 e. The Morgan fingerprint density at radius 1 is 0.413 bits per heavy atom. The molecular formula is C42H26N4. The topological polar surface area (TPSA) is 35.6 Å². The first-order chi connectivity index (χ1) is 22.8. The van der Waals surface area contributed by atoms with Gasteiger partial charge in [-0.05, 0) is 77.5 Å². The third-order valence-electron chi connectivity index (χ3n) is 9.31. The molecule has 46 heavy (non-hydrogen) atoms. The van der Waals surface area contributed by atoms with Crippen molar-refractivity contribution < 1.29 is 0 Å². The molecule has 0 bridgehead atoms. The zero-order valence-corrected chi connectivity index (χ0v) is 24.8. The van der Waals surface area contributed by atoms with Crippen LogP contribution in [0.4, 0.5) is 0 Å². The third-order valence-corrected chi connectivity index (χ3v) is 9.31. The van der Waals surface area contributed by atoms with E-state index in [1.807, 2.05) is 30.5 Å². The average Bonchev–Trinajstić information content (AvgIpc) is 3.64. The molecule has 3 heterocycles. The van der Waals surface area contributed by atoms with E-state index in [1.165, 1.54) is 60.1 Å². The highest BCUT2D eigenvalue weighted by atomic mass is 15.0. The Bertz CT molecular complexity index is 2810. The molecule has 0 saturated heterocycles. The summed E-state index contributed by atoms with van der Waals surface area (Å²) in [4.78, 5) is 9.51. The van der Waals surface area contributed by atoms with E-state index in [1.54, 1.807) is 0 Å². The zero-order valence-electron chi connectivity index (χ0n) is 24.8. The monoisotopic (exact) mass is 586 g/mol. The van der Waals surface area contributed by atoms with E-state index in [4.69, 9.17) is 4.98 Å². The standard InChI is InChI=1S/C42H26N4/c1-2-10-30(11-3-1)45-37-16-8-4-12-32(37)41-39(45)22-23-40-42(41)33-13-5-9-17-38(33)46(40)31-21-20-27-24-29(19-18-28(27)25-31)36-26-43-34-14-6-7-15-35(34)44-36/h1-26H. The summed E-state index contributed by atoms with van der Waals surface area (Å²) >= 11 is 0. The van der Waals surface area contributed by atoms with Gasteiger partial charge in [0.15, 0.2) is 0 Å². The van der Waals surface area contributed by atoms with E-state index in [2.05, 4.69) is 142 Å². The van der Waals surface area contributed by atoms with Gasteiger partial charge in [0.2, 0.25) is 0 Å². The van der Waals surface area contributed by atoms with E-state index >= 15 is 0 Å². The Hall–Kier alpha value is -6.26. The van der Waals surface area contributed by atoms with Gasteiger partial charge in [-0.15, -0.1) is 0 Å². The normalized spacial score (nSPS) is 11.9. The first kappa shape index (κ1) is 25.1. The zero-order chi connectivity index (χ0) is 30.2. The van der Waals surface area contributed by atoms with Crippen LogP contribution in [0.25, 0.3) is 88.0 Å². The lowest BCUT2D eigenvalue weighted by atomic mass is 10.0. The molecule has 0 unspecified atom stereocenters. The second-order valence-corrected chi connectivity index (χ2v) is 11.9. The Kier molecular flexibility index (Phi) is 5.25. The number of benzene rings is 7. The maximum Gasteiger partial charge on any atom is 0.0894 e. The van der Waals surface area contributed by atoms with Crippen LogP contribution in [0.2, 0.25) is 0 Å². The van der Waals surface area contributed by atoms with E-state index in [0.717, 1.165) is 28.0 Å². The van der Waals surface area contributed by atoms with Gasteiger partial charge >= 0.3 is 0 Å². The van der Waals surface area contributed by atoms with Crippen molar-refractivity contribution in [1.29, 1.82) is 0 Å². The molecule has 3 aromatic heterocycles. The second-order valence-electron chi connectivity index (χ2n) is 11.9. The summed E-state index contributed by atoms with van der Waals surface area (Å²) in [6.07, 6.45) is 1.87. The molecule has 0 radical (unpaired) electrons. The number of para-hydroxylation sites is 5. The Morgan fingerprint density at radius 3 is 1.74 bits per heavy atom. The van der Waals surface area contributed by atoms with Gasteiger partial charge in [0.1, 0.15) is 0 Å².